The molecule has 0 bridgehead atoms. The minimum atomic E-state index is -0.650. The van der Waals surface area contributed by atoms with Gasteiger partial charge in [0.2, 0.25) is 5.75 Å². The van der Waals surface area contributed by atoms with Crippen molar-refractivity contribution in [1.29, 1.82) is 0 Å². The molecular formula is C23H29NO6. The van der Waals surface area contributed by atoms with Crippen LogP contribution in [0, 0.1) is 0 Å². The topological polar surface area (TPSA) is 83.1 Å². The molecule has 0 aliphatic carbocycles. The third kappa shape index (κ3) is 6.40. The lowest BCUT2D eigenvalue weighted by Crippen LogP contribution is -2.31. The molecule has 2 rings (SSSR count). The van der Waals surface area contributed by atoms with Crippen LogP contribution in [0.15, 0.2) is 42.5 Å². The van der Waals surface area contributed by atoms with E-state index < -0.39 is 12.6 Å². The van der Waals surface area contributed by atoms with Gasteiger partial charge >= 0.3 is 5.97 Å². The molecule has 0 saturated heterocycles. The van der Waals surface area contributed by atoms with Gasteiger partial charge in [-0.15, -0.1) is 0 Å². The van der Waals surface area contributed by atoms with Gasteiger partial charge in [-0.3, -0.25) is 4.79 Å². The quantitative estimate of drug-likeness (QED) is 0.560. The Morgan fingerprint density at radius 1 is 0.900 bits per heavy atom. The van der Waals surface area contributed by atoms with Crippen LogP contribution < -0.4 is 19.5 Å². The van der Waals surface area contributed by atoms with Crippen molar-refractivity contribution in [3.05, 3.63) is 53.6 Å². The number of hydrogen-bond acceptors (Lipinski definition) is 6. The lowest BCUT2D eigenvalue weighted by atomic mass is 10.1. The largest absolute Gasteiger partial charge is 0.490 e. The van der Waals surface area contributed by atoms with Crippen LogP contribution in [0.3, 0.4) is 0 Å². The van der Waals surface area contributed by atoms with Crippen LogP contribution in [-0.4, -0.2) is 38.3 Å². The van der Waals surface area contributed by atoms with Gasteiger partial charge in [0.05, 0.1) is 31.4 Å². The molecule has 2 aromatic rings. The van der Waals surface area contributed by atoms with Gasteiger partial charge < -0.3 is 24.3 Å². The van der Waals surface area contributed by atoms with Gasteiger partial charge in [0.15, 0.2) is 18.1 Å². The van der Waals surface area contributed by atoms with Gasteiger partial charge in [0, 0.05) is 0 Å². The van der Waals surface area contributed by atoms with E-state index >= 15 is 0 Å². The molecule has 7 heteroatoms. The van der Waals surface area contributed by atoms with Crippen LogP contribution in [-0.2, 0) is 9.53 Å². The van der Waals surface area contributed by atoms with Crippen molar-refractivity contribution in [2.45, 2.75) is 33.7 Å². The molecule has 162 valence electrons. The Balaban J connectivity index is 2.07. The first-order valence-electron chi connectivity index (χ1n) is 10.1. The first-order valence-corrected chi connectivity index (χ1v) is 10.1. The van der Waals surface area contributed by atoms with Crippen molar-refractivity contribution < 1.29 is 28.5 Å². The molecule has 2 aromatic carbocycles. The highest BCUT2D eigenvalue weighted by Crippen LogP contribution is 2.39. The van der Waals surface area contributed by atoms with Crippen LogP contribution in [0.25, 0.3) is 0 Å². The number of esters is 1. The van der Waals surface area contributed by atoms with Crippen molar-refractivity contribution in [2.75, 3.05) is 26.4 Å². The molecule has 7 nitrogen and oxygen atoms in total. The molecule has 0 saturated carbocycles. The van der Waals surface area contributed by atoms with Crippen molar-refractivity contribution in [3.8, 4) is 17.2 Å². The van der Waals surface area contributed by atoms with Crippen LogP contribution in [0.4, 0.5) is 0 Å². The summed E-state index contributed by atoms with van der Waals surface area (Å²) in [5.74, 6) is 0.175. The zero-order valence-electron chi connectivity index (χ0n) is 17.9. The average molecular weight is 415 g/mol. The van der Waals surface area contributed by atoms with E-state index in [2.05, 4.69) is 5.32 Å². The Morgan fingerprint density at radius 3 is 2.00 bits per heavy atom. The normalized spacial score (nSPS) is 11.3. The second-order valence-corrected chi connectivity index (χ2v) is 6.38. The monoisotopic (exact) mass is 415 g/mol. The Labute approximate surface area is 177 Å². The number of carbonyl (C=O) groups excluding carboxylic acids is 2. The summed E-state index contributed by atoms with van der Waals surface area (Å²) >= 11 is 0. The van der Waals surface area contributed by atoms with Crippen molar-refractivity contribution in [2.24, 2.45) is 0 Å². The lowest BCUT2D eigenvalue weighted by molar-refractivity contribution is -0.124. The van der Waals surface area contributed by atoms with Crippen LogP contribution >= 0.6 is 0 Å². The van der Waals surface area contributed by atoms with E-state index in [4.69, 9.17) is 18.9 Å². The van der Waals surface area contributed by atoms with E-state index in [0.717, 1.165) is 5.56 Å². The summed E-state index contributed by atoms with van der Waals surface area (Å²) in [6, 6.07) is 12.4. The second kappa shape index (κ2) is 11.7. The number of rotatable bonds is 11. The summed E-state index contributed by atoms with van der Waals surface area (Å²) in [4.78, 5) is 24.7. The zero-order chi connectivity index (χ0) is 21.9. The molecule has 0 aromatic heterocycles. The zero-order valence-corrected chi connectivity index (χ0v) is 17.9. The summed E-state index contributed by atoms with van der Waals surface area (Å²) in [6.45, 7) is 8.19. The van der Waals surface area contributed by atoms with Crippen LogP contribution in [0.5, 0.6) is 17.2 Å². The van der Waals surface area contributed by atoms with Crippen molar-refractivity contribution in [1.82, 2.24) is 5.32 Å². The fourth-order valence-electron chi connectivity index (χ4n) is 2.83. The highest BCUT2D eigenvalue weighted by molar-refractivity contribution is 5.92. The molecule has 1 atom stereocenters. The summed E-state index contributed by atoms with van der Waals surface area (Å²) in [5.41, 5.74) is 1.18. The lowest BCUT2D eigenvalue weighted by Gasteiger charge is -2.17. The number of hydrogen-bond donors (Lipinski definition) is 1. The molecule has 0 spiro atoms. The molecule has 0 aliphatic heterocycles. The minimum absolute atomic E-state index is 0.197. The first kappa shape index (κ1) is 23.1. The highest BCUT2D eigenvalue weighted by Gasteiger charge is 2.20. The predicted octanol–water partition coefficient (Wildman–Crippen LogP) is 3.92. The van der Waals surface area contributed by atoms with E-state index in [-0.39, 0.29) is 17.5 Å². The summed E-state index contributed by atoms with van der Waals surface area (Å²) in [7, 11) is 0. The third-order valence-electron chi connectivity index (χ3n) is 4.16. The van der Waals surface area contributed by atoms with E-state index in [1.807, 2.05) is 58.0 Å². The number of nitrogens with one attached hydrogen (secondary N) is 1. The van der Waals surface area contributed by atoms with E-state index in [9.17, 15) is 9.59 Å². The number of carbonyl (C=O) groups is 2. The molecule has 1 amide bonds. The fraction of sp³-hybridized carbons (Fsp3) is 0.391. The van der Waals surface area contributed by atoms with Gasteiger partial charge in [-0.05, 0) is 45.4 Å². The van der Waals surface area contributed by atoms with Crippen molar-refractivity contribution in [3.63, 3.8) is 0 Å². The number of ether oxygens (including phenoxy) is 4. The summed E-state index contributed by atoms with van der Waals surface area (Å²) in [6.07, 6.45) is 0. The molecule has 1 N–H and O–H groups in total. The second-order valence-electron chi connectivity index (χ2n) is 6.38. The molecule has 0 fully saturated rings. The van der Waals surface area contributed by atoms with Gasteiger partial charge in [-0.25, -0.2) is 4.79 Å². The smallest absolute Gasteiger partial charge is 0.338 e. The van der Waals surface area contributed by atoms with E-state index in [1.165, 1.54) is 12.1 Å². The fourth-order valence-corrected chi connectivity index (χ4v) is 2.83. The van der Waals surface area contributed by atoms with Gasteiger partial charge in [0.1, 0.15) is 0 Å². The molecule has 1 unspecified atom stereocenters. The summed E-state index contributed by atoms with van der Waals surface area (Å²) < 4.78 is 22.0. The number of benzene rings is 2. The van der Waals surface area contributed by atoms with Gasteiger partial charge in [-0.2, -0.15) is 0 Å². The van der Waals surface area contributed by atoms with E-state index in [0.29, 0.717) is 37.1 Å². The molecular weight excluding hydrogens is 386 g/mol. The Hall–Kier alpha value is -3.22. The highest BCUT2D eigenvalue weighted by atomic mass is 16.5. The summed E-state index contributed by atoms with van der Waals surface area (Å²) in [5, 5.41) is 2.81. The minimum Gasteiger partial charge on any atom is -0.490 e. The number of amides is 1. The molecule has 0 aliphatic rings. The molecule has 0 heterocycles. The van der Waals surface area contributed by atoms with Gasteiger partial charge in [0.25, 0.3) is 5.91 Å². The SMILES string of the molecule is CCOc1cc(C(=O)OCC(=O)NC(C)c2ccccc2)cc(OCC)c1OCC. The standard InChI is InChI=1S/C23H29NO6/c1-5-27-19-13-18(14-20(28-6-2)22(19)29-7-3)23(26)30-15-21(25)24-16(4)17-11-9-8-10-12-17/h8-14,16H,5-7,15H2,1-4H3,(H,24,25). The Kier molecular flexibility index (Phi) is 9.00. The van der Waals surface area contributed by atoms with Crippen LogP contribution in [0.1, 0.15) is 49.7 Å². The Morgan fingerprint density at radius 2 is 1.47 bits per heavy atom. The van der Waals surface area contributed by atoms with Crippen LogP contribution in [0.2, 0.25) is 0 Å². The maximum atomic E-state index is 12.5. The third-order valence-corrected chi connectivity index (χ3v) is 4.16. The van der Waals surface area contributed by atoms with Crippen molar-refractivity contribution >= 4 is 11.9 Å². The van der Waals surface area contributed by atoms with E-state index in [1.54, 1.807) is 0 Å². The Bertz CT molecular complexity index is 810. The maximum Gasteiger partial charge on any atom is 0.338 e. The average Bonchev–Trinajstić information content (AvgIpc) is 2.75. The van der Waals surface area contributed by atoms with Gasteiger partial charge in [-0.1, -0.05) is 30.3 Å². The molecule has 0 radical (unpaired) electrons. The maximum absolute atomic E-state index is 12.5. The first-order chi connectivity index (χ1) is 14.5. The molecule has 30 heavy (non-hydrogen) atoms. The predicted molar refractivity (Wildman–Crippen MR) is 113 cm³/mol.